The summed E-state index contributed by atoms with van der Waals surface area (Å²) >= 11 is 6.25. The van der Waals surface area contributed by atoms with Crippen molar-refractivity contribution in [3.05, 3.63) is 70.9 Å². The Morgan fingerprint density at radius 2 is 1.81 bits per heavy atom. The lowest BCUT2D eigenvalue weighted by molar-refractivity contribution is 0.753. The zero-order valence-electron chi connectivity index (χ0n) is 15.1. The van der Waals surface area contributed by atoms with E-state index in [2.05, 4.69) is 58.1 Å². The summed E-state index contributed by atoms with van der Waals surface area (Å²) in [5.41, 5.74) is 3.92. The lowest BCUT2D eigenvalue weighted by Crippen LogP contribution is -2.02. The predicted octanol–water partition coefficient (Wildman–Crippen LogP) is 4.52. The third-order valence-electron chi connectivity index (χ3n) is 5.11. The highest BCUT2D eigenvalue weighted by molar-refractivity contribution is 6.33. The van der Waals surface area contributed by atoms with Crippen LogP contribution in [0.2, 0.25) is 5.02 Å². The SMILES string of the molecule is Cc1ccc(Cl)c2nc(CCc3nc4c5ccccc5ccc4n3C)nn12. The van der Waals surface area contributed by atoms with Gasteiger partial charge in [-0.15, -0.1) is 0 Å². The Balaban J connectivity index is 1.52. The normalized spacial score (nSPS) is 11.8. The second-order valence-electron chi connectivity index (χ2n) is 6.83. The molecule has 0 bridgehead atoms. The lowest BCUT2D eigenvalue weighted by Gasteiger charge is -2.01. The van der Waals surface area contributed by atoms with Crippen molar-refractivity contribution in [2.24, 2.45) is 7.05 Å². The van der Waals surface area contributed by atoms with E-state index in [1.165, 1.54) is 10.8 Å². The van der Waals surface area contributed by atoms with Crippen molar-refractivity contribution in [3.63, 3.8) is 0 Å². The van der Waals surface area contributed by atoms with Crippen molar-refractivity contribution < 1.29 is 0 Å². The number of benzene rings is 2. The first-order valence-electron chi connectivity index (χ1n) is 8.95. The van der Waals surface area contributed by atoms with E-state index < -0.39 is 0 Å². The lowest BCUT2D eigenvalue weighted by atomic mass is 10.1. The molecule has 0 saturated carbocycles. The molecule has 0 fully saturated rings. The Hall–Kier alpha value is -2.92. The number of halogens is 1. The molecule has 5 nitrogen and oxygen atoms in total. The minimum absolute atomic E-state index is 0.619. The monoisotopic (exact) mass is 375 g/mol. The van der Waals surface area contributed by atoms with Crippen molar-refractivity contribution in [3.8, 4) is 0 Å². The van der Waals surface area contributed by atoms with E-state index >= 15 is 0 Å². The molecule has 0 amide bonds. The molecular formula is C21H18ClN5. The van der Waals surface area contributed by atoms with Crippen LogP contribution in [0.3, 0.4) is 0 Å². The molecule has 0 radical (unpaired) electrons. The quantitative estimate of drug-likeness (QED) is 0.466. The van der Waals surface area contributed by atoms with Crippen molar-refractivity contribution >= 4 is 39.1 Å². The van der Waals surface area contributed by atoms with E-state index in [0.717, 1.165) is 34.8 Å². The number of rotatable bonds is 3. The van der Waals surface area contributed by atoms with E-state index in [0.29, 0.717) is 17.1 Å². The summed E-state index contributed by atoms with van der Waals surface area (Å²) in [6.07, 6.45) is 1.49. The van der Waals surface area contributed by atoms with Gasteiger partial charge in [-0.2, -0.15) is 5.10 Å². The number of fused-ring (bicyclic) bond motifs is 4. The van der Waals surface area contributed by atoms with Crippen molar-refractivity contribution in [1.29, 1.82) is 0 Å². The smallest absolute Gasteiger partial charge is 0.174 e. The highest BCUT2D eigenvalue weighted by Gasteiger charge is 2.13. The molecule has 6 heteroatoms. The molecule has 134 valence electrons. The maximum Gasteiger partial charge on any atom is 0.174 e. The zero-order valence-corrected chi connectivity index (χ0v) is 15.9. The minimum atomic E-state index is 0.619. The number of hydrogen-bond acceptors (Lipinski definition) is 3. The van der Waals surface area contributed by atoms with Gasteiger partial charge >= 0.3 is 0 Å². The molecule has 0 atom stereocenters. The van der Waals surface area contributed by atoms with Crippen molar-refractivity contribution in [1.82, 2.24) is 24.1 Å². The molecule has 0 spiro atoms. The van der Waals surface area contributed by atoms with Gasteiger partial charge in [0.2, 0.25) is 0 Å². The van der Waals surface area contributed by atoms with Crippen LogP contribution in [0.5, 0.6) is 0 Å². The second-order valence-corrected chi connectivity index (χ2v) is 7.23. The Bertz CT molecular complexity index is 1280. The zero-order chi connectivity index (χ0) is 18.5. The molecule has 3 aromatic heterocycles. The van der Waals surface area contributed by atoms with E-state index in [9.17, 15) is 0 Å². The van der Waals surface area contributed by atoms with Crippen LogP contribution >= 0.6 is 11.6 Å². The fourth-order valence-electron chi connectivity index (χ4n) is 3.62. The van der Waals surface area contributed by atoms with Gasteiger partial charge in [0, 0.05) is 31.0 Å². The summed E-state index contributed by atoms with van der Waals surface area (Å²) in [6.45, 7) is 2.00. The van der Waals surface area contributed by atoms with Crippen LogP contribution in [-0.4, -0.2) is 24.1 Å². The molecule has 0 aliphatic heterocycles. The molecule has 0 N–H and O–H groups in total. The van der Waals surface area contributed by atoms with Gasteiger partial charge in [-0.1, -0.05) is 41.9 Å². The van der Waals surface area contributed by atoms with Gasteiger partial charge in [0.1, 0.15) is 5.82 Å². The average molecular weight is 376 g/mol. The molecule has 0 aliphatic rings. The maximum atomic E-state index is 6.25. The molecule has 0 saturated heterocycles. The summed E-state index contributed by atoms with van der Waals surface area (Å²) in [5.74, 6) is 1.81. The van der Waals surface area contributed by atoms with Crippen LogP contribution in [0.25, 0.3) is 27.5 Å². The summed E-state index contributed by atoms with van der Waals surface area (Å²) in [5, 5.41) is 7.62. The average Bonchev–Trinajstić information content (AvgIpc) is 3.26. The van der Waals surface area contributed by atoms with Gasteiger partial charge in [-0.3, -0.25) is 0 Å². The Kier molecular flexibility index (Phi) is 3.65. The van der Waals surface area contributed by atoms with Crippen molar-refractivity contribution in [2.45, 2.75) is 19.8 Å². The van der Waals surface area contributed by atoms with Crippen LogP contribution < -0.4 is 0 Å². The van der Waals surface area contributed by atoms with Crippen molar-refractivity contribution in [2.75, 3.05) is 0 Å². The summed E-state index contributed by atoms with van der Waals surface area (Å²) in [4.78, 5) is 9.52. The Morgan fingerprint density at radius 1 is 0.963 bits per heavy atom. The third-order valence-corrected chi connectivity index (χ3v) is 5.41. The Labute approximate surface area is 161 Å². The van der Waals surface area contributed by atoms with Gasteiger partial charge in [0.15, 0.2) is 11.5 Å². The van der Waals surface area contributed by atoms with Crippen LogP contribution in [0.15, 0.2) is 48.5 Å². The van der Waals surface area contributed by atoms with Gasteiger partial charge in [0.25, 0.3) is 0 Å². The molecule has 27 heavy (non-hydrogen) atoms. The number of aryl methyl sites for hydroxylation is 4. The second kappa shape index (κ2) is 6.06. The molecule has 5 aromatic rings. The standard InChI is InChI=1S/C21H18ClN5/c1-13-7-9-16(22)21-23-18(25-27(13)21)11-12-19-24-20-15-6-4-3-5-14(15)8-10-17(20)26(19)2/h3-10H,11-12H2,1-2H3. The largest absolute Gasteiger partial charge is 0.331 e. The number of aromatic nitrogens is 5. The molecule has 2 aromatic carbocycles. The fraction of sp³-hybridized carbons (Fsp3) is 0.190. The first kappa shape index (κ1) is 16.3. The fourth-order valence-corrected chi connectivity index (χ4v) is 3.81. The molecule has 0 aliphatic carbocycles. The van der Waals surface area contributed by atoms with E-state index in [-0.39, 0.29) is 0 Å². The first-order valence-corrected chi connectivity index (χ1v) is 9.33. The highest BCUT2D eigenvalue weighted by atomic mass is 35.5. The van der Waals surface area contributed by atoms with Gasteiger partial charge in [0.05, 0.1) is 16.1 Å². The molecular weight excluding hydrogens is 358 g/mol. The number of pyridine rings is 1. The predicted molar refractivity (Wildman–Crippen MR) is 108 cm³/mol. The van der Waals surface area contributed by atoms with E-state index in [1.807, 2.05) is 19.1 Å². The van der Waals surface area contributed by atoms with Gasteiger partial charge in [-0.25, -0.2) is 14.5 Å². The van der Waals surface area contributed by atoms with Gasteiger partial charge in [-0.05, 0) is 30.5 Å². The Morgan fingerprint density at radius 3 is 2.67 bits per heavy atom. The van der Waals surface area contributed by atoms with Crippen LogP contribution in [-0.2, 0) is 19.9 Å². The van der Waals surface area contributed by atoms with Gasteiger partial charge < -0.3 is 4.57 Å². The topological polar surface area (TPSA) is 48.0 Å². The van der Waals surface area contributed by atoms with Crippen LogP contribution in [0, 0.1) is 6.92 Å². The first-order chi connectivity index (χ1) is 13.1. The molecule has 3 heterocycles. The van der Waals surface area contributed by atoms with E-state index in [1.54, 1.807) is 4.52 Å². The number of nitrogens with zero attached hydrogens (tertiary/aromatic N) is 5. The number of hydrogen-bond donors (Lipinski definition) is 0. The summed E-state index contributed by atoms with van der Waals surface area (Å²) in [6, 6.07) is 16.5. The molecule has 0 unspecified atom stereocenters. The van der Waals surface area contributed by atoms with Crippen LogP contribution in [0.1, 0.15) is 17.3 Å². The minimum Gasteiger partial charge on any atom is -0.331 e. The number of imidazole rings is 1. The summed E-state index contributed by atoms with van der Waals surface area (Å²) < 4.78 is 3.97. The van der Waals surface area contributed by atoms with Crippen LogP contribution in [0.4, 0.5) is 0 Å². The highest BCUT2D eigenvalue weighted by Crippen LogP contribution is 2.25. The maximum absolute atomic E-state index is 6.25. The summed E-state index contributed by atoms with van der Waals surface area (Å²) in [7, 11) is 2.07. The third kappa shape index (κ3) is 2.58. The van der Waals surface area contributed by atoms with E-state index in [4.69, 9.17) is 16.6 Å². The molecule has 5 rings (SSSR count).